The zero-order valence-electron chi connectivity index (χ0n) is 12.4. The molecule has 0 N–H and O–H groups in total. The highest BCUT2D eigenvalue weighted by molar-refractivity contribution is 5.94. The molecule has 2 heterocycles. The van der Waals surface area contributed by atoms with Crippen molar-refractivity contribution in [1.82, 2.24) is 9.80 Å². The van der Waals surface area contributed by atoms with E-state index < -0.39 is 5.82 Å². The van der Waals surface area contributed by atoms with Crippen LogP contribution in [0.5, 0.6) is 0 Å². The molecule has 1 aromatic carbocycles. The number of hydrogen-bond acceptors (Lipinski definition) is 2. The quantitative estimate of drug-likeness (QED) is 0.854. The molecule has 0 spiro atoms. The van der Waals surface area contributed by atoms with Gasteiger partial charge in [-0.2, -0.15) is 0 Å². The summed E-state index contributed by atoms with van der Waals surface area (Å²) < 4.78 is 13.7. The molecule has 3 nitrogen and oxygen atoms in total. The highest BCUT2D eigenvalue weighted by atomic mass is 19.1. The Balaban J connectivity index is 1.53. The van der Waals surface area contributed by atoms with E-state index in [4.69, 9.17) is 0 Å². The molecule has 0 aromatic heterocycles. The number of halogens is 1. The summed E-state index contributed by atoms with van der Waals surface area (Å²) >= 11 is 0. The second-order valence-electron chi connectivity index (χ2n) is 6.22. The largest absolute Gasteiger partial charge is 0.339 e. The zero-order chi connectivity index (χ0) is 14.7. The molecular weight excluding hydrogens is 267 g/mol. The molecule has 0 bridgehead atoms. The minimum absolute atomic E-state index is 0.160. The molecule has 0 aliphatic carbocycles. The summed E-state index contributed by atoms with van der Waals surface area (Å²) in [5.74, 6) is 0.113. The minimum atomic E-state index is -0.415. The van der Waals surface area contributed by atoms with Crippen molar-refractivity contribution < 1.29 is 9.18 Å². The number of piperidine rings is 1. The highest BCUT2D eigenvalue weighted by Crippen LogP contribution is 2.22. The van der Waals surface area contributed by atoms with E-state index in [0.29, 0.717) is 5.92 Å². The molecule has 4 heteroatoms. The SMILES string of the molecule is O=C(c1ccccc1F)N1CCC(CN2CCCC2)CC1. The Labute approximate surface area is 125 Å². The fraction of sp³-hybridized carbons (Fsp3) is 0.588. The molecule has 0 unspecified atom stereocenters. The normalized spacial score (nSPS) is 20.9. The van der Waals surface area contributed by atoms with Gasteiger partial charge in [0.25, 0.3) is 5.91 Å². The zero-order valence-corrected chi connectivity index (χ0v) is 12.4. The van der Waals surface area contributed by atoms with Crippen molar-refractivity contribution in [3.8, 4) is 0 Å². The van der Waals surface area contributed by atoms with Gasteiger partial charge in [0.1, 0.15) is 5.82 Å². The molecule has 2 saturated heterocycles. The van der Waals surface area contributed by atoms with Crippen LogP contribution in [0.4, 0.5) is 4.39 Å². The molecule has 2 fully saturated rings. The van der Waals surface area contributed by atoms with E-state index in [0.717, 1.165) is 25.9 Å². The van der Waals surface area contributed by atoms with Crippen LogP contribution in [-0.2, 0) is 0 Å². The van der Waals surface area contributed by atoms with Crippen molar-refractivity contribution >= 4 is 5.91 Å². The lowest BCUT2D eigenvalue weighted by Gasteiger charge is -2.34. The smallest absolute Gasteiger partial charge is 0.256 e. The van der Waals surface area contributed by atoms with Crippen molar-refractivity contribution in [3.63, 3.8) is 0 Å². The van der Waals surface area contributed by atoms with E-state index in [2.05, 4.69) is 4.90 Å². The monoisotopic (exact) mass is 290 g/mol. The van der Waals surface area contributed by atoms with Gasteiger partial charge >= 0.3 is 0 Å². The van der Waals surface area contributed by atoms with Gasteiger partial charge in [0.15, 0.2) is 0 Å². The van der Waals surface area contributed by atoms with Gasteiger partial charge in [-0.25, -0.2) is 4.39 Å². The number of hydrogen-bond donors (Lipinski definition) is 0. The molecule has 114 valence electrons. The predicted octanol–water partition coefficient (Wildman–Crippen LogP) is 2.77. The highest BCUT2D eigenvalue weighted by Gasteiger charge is 2.26. The Morgan fingerprint density at radius 1 is 1.10 bits per heavy atom. The number of rotatable bonds is 3. The number of benzene rings is 1. The van der Waals surface area contributed by atoms with Gasteiger partial charge in [-0.1, -0.05) is 12.1 Å². The predicted molar refractivity (Wildman–Crippen MR) is 80.7 cm³/mol. The second-order valence-corrected chi connectivity index (χ2v) is 6.22. The second kappa shape index (κ2) is 6.56. The van der Waals surface area contributed by atoms with Gasteiger partial charge in [0.05, 0.1) is 5.56 Å². The van der Waals surface area contributed by atoms with E-state index >= 15 is 0 Å². The third-order valence-electron chi connectivity index (χ3n) is 4.72. The molecular formula is C17H23FN2O. The van der Waals surface area contributed by atoms with Crippen LogP contribution in [0.25, 0.3) is 0 Å². The fourth-order valence-electron chi connectivity index (χ4n) is 3.45. The fourth-order valence-corrected chi connectivity index (χ4v) is 3.45. The Kier molecular flexibility index (Phi) is 4.54. The van der Waals surface area contributed by atoms with E-state index in [1.165, 1.54) is 38.5 Å². The van der Waals surface area contributed by atoms with Gasteiger partial charge in [-0.05, 0) is 56.8 Å². The van der Waals surface area contributed by atoms with Crippen LogP contribution in [-0.4, -0.2) is 48.4 Å². The maximum absolute atomic E-state index is 13.7. The Bertz CT molecular complexity index is 491. The Morgan fingerprint density at radius 2 is 1.76 bits per heavy atom. The summed E-state index contributed by atoms with van der Waals surface area (Å²) in [5.41, 5.74) is 0.204. The third kappa shape index (κ3) is 3.43. The van der Waals surface area contributed by atoms with Crippen molar-refractivity contribution in [2.45, 2.75) is 25.7 Å². The number of likely N-dealkylation sites (tertiary alicyclic amines) is 2. The number of carbonyl (C=O) groups excluding carboxylic acids is 1. The first-order valence-corrected chi connectivity index (χ1v) is 8.00. The third-order valence-corrected chi connectivity index (χ3v) is 4.72. The topological polar surface area (TPSA) is 23.6 Å². The lowest BCUT2D eigenvalue weighted by atomic mass is 9.95. The summed E-state index contributed by atoms with van der Waals surface area (Å²) in [5, 5.41) is 0. The maximum atomic E-state index is 13.7. The molecule has 3 rings (SSSR count). The first-order chi connectivity index (χ1) is 10.2. The van der Waals surface area contributed by atoms with Crippen LogP contribution in [0.1, 0.15) is 36.0 Å². The van der Waals surface area contributed by atoms with Crippen LogP contribution in [0.3, 0.4) is 0 Å². The molecule has 2 aliphatic rings. The Hall–Kier alpha value is -1.42. The average Bonchev–Trinajstić information content (AvgIpc) is 3.01. The van der Waals surface area contributed by atoms with Crippen LogP contribution in [0.2, 0.25) is 0 Å². The van der Waals surface area contributed by atoms with Gasteiger partial charge in [0.2, 0.25) is 0 Å². The summed E-state index contributed by atoms with van der Waals surface area (Å²) in [6, 6.07) is 6.27. The van der Waals surface area contributed by atoms with Crippen molar-refractivity contribution in [2.75, 3.05) is 32.7 Å². The van der Waals surface area contributed by atoms with Gasteiger partial charge in [-0.15, -0.1) is 0 Å². The summed E-state index contributed by atoms with van der Waals surface area (Å²) in [6.45, 7) is 5.14. The standard InChI is InChI=1S/C17H23FN2O/c18-16-6-2-1-5-15(16)17(21)20-11-7-14(8-12-20)13-19-9-3-4-10-19/h1-2,5-6,14H,3-4,7-13H2. The first kappa shape index (κ1) is 14.5. The average molecular weight is 290 g/mol. The van der Waals surface area contributed by atoms with E-state index in [9.17, 15) is 9.18 Å². The first-order valence-electron chi connectivity index (χ1n) is 8.00. The van der Waals surface area contributed by atoms with Gasteiger partial charge in [0, 0.05) is 19.6 Å². The van der Waals surface area contributed by atoms with Crippen molar-refractivity contribution in [2.24, 2.45) is 5.92 Å². The number of amides is 1. The molecule has 1 amide bonds. The van der Waals surface area contributed by atoms with Gasteiger partial charge in [-0.3, -0.25) is 4.79 Å². The molecule has 1 aromatic rings. The molecule has 0 atom stereocenters. The molecule has 0 radical (unpaired) electrons. The molecule has 21 heavy (non-hydrogen) atoms. The number of carbonyl (C=O) groups is 1. The molecule has 0 saturated carbocycles. The van der Waals surface area contributed by atoms with Crippen LogP contribution in [0, 0.1) is 11.7 Å². The van der Waals surface area contributed by atoms with Crippen molar-refractivity contribution in [1.29, 1.82) is 0 Å². The van der Waals surface area contributed by atoms with Crippen LogP contribution < -0.4 is 0 Å². The van der Waals surface area contributed by atoms with Crippen LogP contribution >= 0.6 is 0 Å². The molecule has 2 aliphatic heterocycles. The summed E-state index contributed by atoms with van der Waals surface area (Å²) in [4.78, 5) is 16.7. The number of nitrogens with zero attached hydrogens (tertiary/aromatic N) is 2. The maximum Gasteiger partial charge on any atom is 0.256 e. The lowest BCUT2D eigenvalue weighted by Crippen LogP contribution is -2.41. The van der Waals surface area contributed by atoms with Crippen molar-refractivity contribution in [3.05, 3.63) is 35.6 Å². The van der Waals surface area contributed by atoms with E-state index in [1.807, 2.05) is 0 Å². The van der Waals surface area contributed by atoms with E-state index in [-0.39, 0.29) is 11.5 Å². The Morgan fingerprint density at radius 3 is 2.43 bits per heavy atom. The summed E-state index contributed by atoms with van der Waals surface area (Å²) in [7, 11) is 0. The van der Waals surface area contributed by atoms with Gasteiger partial charge < -0.3 is 9.80 Å². The summed E-state index contributed by atoms with van der Waals surface area (Å²) in [6.07, 6.45) is 4.72. The van der Waals surface area contributed by atoms with Crippen LogP contribution in [0.15, 0.2) is 24.3 Å². The lowest BCUT2D eigenvalue weighted by molar-refractivity contribution is 0.0668. The minimum Gasteiger partial charge on any atom is -0.339 e. The van der Waals surface area contributed by atoms with E-state index in [1.54, 1.807) is 23.1 Å².